The molecule has 0 N–H and O–H groups in total. The van der Waals surface area contributed by atoms with Gasteiger partial charge in [-0.05, 0) is 26.0 Å². The average Bonchev–Trinajstić information content (AvgIpc) is 2.82. The van der Waals surface area contributed by atoms with Gasteiger partial charge in [0.15, 0.2) is 9.84 Å². The molecule has 0 unspecified atom stereocenters. The van der Waals surface area contributed by atoms with E-state index in [1.165, 1.54) is 0 Å². The first-order chi connectivity index (χ1) is 8.03. The van der Waals surface area contributed by atoms with Gasteiger partial charge in [0.1, 0.15) is 0 Å². The first-order valence-electron chi connectivity index (χ1n) is 5.58. The number of sulfone groups is 1. The van der Waals surface area contributed by atoms with Crippen LogP contribution < -0.4 is 0 Å². The molecule has 0 atom stereocenters. The molecule has 0 aliphatic carbocycles. The summed E-state index contributed by atoms with van der Waals surface area (Å²) in [5.41, 5.74) is 1.46. The third kappa shape index (κ3) is 2.17. The van der Waals surface area contributed by atoms with Crippen molar-refractivity contribution in [3.63, 3.8) is 0 Å². The molecule has 1 heterocycles. The molecule has 0 fully saturated rings. The quantitative estimate of drug-likeness (QED) is 0.824. The van der Waals surface area contributed by atoms with Crippen molar-refractivity contribution in [2.24, 2.45) is 4.99 Å². The SMILES string of the molecule is CC(C)S(=O)(=O)c1ccccc1C1=NCC=C1. The van der Waals surface area contributed by atoms with E-state index in [1.54, 1.807) is 26.0 Å². The normalized spacial score (nSPS) is 15.4. The fraction of sp³-hybridized carbons (Fsp3) is 0.308. The van der Waals surface area contributed by atoms with Gasteiger partial charge in [-0.15, -0.1) is 0 Å². The highest BCUT2D eigenvalue weighted by Gasteiger charge is 2.23. The van der Waals surface area contributed by atoms with Gasteiger partial charge in [0.25, 0.3) is 0 Å². The smallest absolute Gasteiger partial charge is 0.181 e. The van der Waals surface area contributed by atoms with Crippen LogP contribution >= 0.6 is 0 Å². The Morgan fingerprint density at radius 2 is 1.94 bits per heavy atom. The van der Waals surface area contributed by atoms with Gasteiger partial charge in [0, 0.05) is 5.56 Å². The Morgan fingerprint density at radius 3 is 2.53 bits per heavy atom. The second-order valence-electron chi connectivity index (χ2n) is 4.22. The molecular formula is C13H15NO2S. The standard InChI is InChI=1S/C13H15NO2S/c1-10(2)17(15,16)13-8-4-3-6-11(13)12-7-5-9-14-12/h3-8,10H,9H2,1-2H3. The molecule has 0 spiro atoms. The molecule has 1 aliphatic heterocycles. The maximum Gasteiger partial charge on any atom is 0.181 e. The van der Waals surface area contributed by atoms with Crippen LogP contribution in [0.1, 0.15) is 19.4 Å². The van der Waals surface area contributed by atoms with Gasteiger partial charge in [-0.2, -0.15) is 0 Å². The van der Waals surface area contributed by atoms with Crippen LogP contribution in [-0.4, -0.2) is 25.9 Å². The van der Waals surface area contributed by atoms with Gasteiger partial charge in [-0.3, -0.25) is 4.99 Å². The first-order valence-corrected chi connectivity index (χ1v) is 7.12. The number of benzene rings is 1. The average molecular weight is 249 g/mol. The van der Waals surface area contributed by atoms with E-state index in [0.29, 0.717) is 17.0 Å². The van der Waals surface area contributed by atoms with E-state index in [0.717, 1.165) is 5.71 Å². The van der Waals surface area contributed by atoms with E-state index in [1.807, 2.05) is 24.3 Å². The molecule has 17 heavy (non-hydrogen) atoms. The molecule has 1 aromatic carbocycles. The second-order valence-corrected chi connectivity index (χ2v) is 6.69. The summed E-state index contributed by atoms with van der Waals surface area (Å²) in [4.78, 5) is 4.66. The minimum atomic E-state index is -3.26. The monoisotopic (exact) mass is 249 g/mol. The third-order valence-electron chi connectivity index (χ3n) is 2.73. The number of nitrogens with zero attached hydrogens (tertiary/aromatic N) is 1. The Labute approximate surface area is 102 Å². The zero-order chi connectivity index (χ0) is 12.5. The third-order valence-corrected chi connectivity index (χ3v) is 4.94. The molecule has 4 heteroatoms. The fourth-order valence-corrected chi connectivity index (χ4v) is 2.98. The topological polar surface area (TPSA) is 46.5 Å². The van der Waals surface area contributed by atoms with Crippen LogP contribution in [0.15, 0.2) is 46.3 Å². The van der Waals surface area contributed by atoms with E-state index in [2.05, 4.69) is 4.99 Å². The van der Waals surface area contributed by atoms with Gasteiger partial charge >= 0.3 is 0 Å². The molecule has 0 saturated heterocycles. The highest BCUT2D eigenvalue weighted by molar-refractivity contribution is 7.92. The van der Waals surface area contributed by atoms with Gasteiger partial charge in [0.05, 0.1) is 22.4 Å². The lowest BCUT2D eigenvalue weighted by Gasteiger charge is -2.12. The molecule has 1 aliphatic rings. The lowest BCUT2D eigenvalue weighted by Crippen LogP contribution is -2.17. The van der Waals surface area contributed by atoms with Crippen molar-refractivity contribution in [1.29, 1.82) is 0 Å². The minimum Gasteiger partial charge on any atom is -0.281 e. The Balaban J connectivity index is 2.60. The molecule has 3 nitrogen and oxygen atoms in total. The van der Waals surface area contributed by atoms with Crippen molar-refractivity contribution in [2.45, 2.75) is 24.0 Å². The second kappa shape index (κ2) is 4.45. The number of hydrogen-bond acceptors (Lipinski definition) is 3. The summed E-state index contributed by atoms with van der Waals surface area (Å²) in [6.45, 7) is 4.02. The molecule has 2 rings (SSSR count). The summed E-state index contributed by atoms with van der Waals surface area (Å²) in [6, 6.07) is 7.05. The van der Waals surface area contributed by atoms with Crippen LogP contribution in [-0.2, 0) is 9.84 Å². The van der Waals surface area contributed by atoms with Crippen molar-refractivity contribution in [2.75, 3.05) is 6.54 Å². The van der Waals surface area contributed by atoms with Crippen molar-refractivity contribution in [3.05, 3.63) is 42.0 Å². The minimum absolute atomic E-state index is 0.375. The number of aliphatic imine (C=N–C) groups is 1. The van der Waals surface area contributed by atoms with Gasteiger partial charge in [-0.25, -0.2) is 8.42 Å². The van der Waals surface area contributed by atoms with Crippen molar-refractivity contribution in [3.8, 4) is 0 Å². The van der Waals surface area contributed by atoms with Crippen LogP contribution in [0, 0.1) is 0 Å². The predicted molar refractivity (Wildman–Crippen MR) is 69.3 cm³/mol. The largest absolute Gasteiger partial charge is 0.281 e. The molecule has 0 amide bonds. The van der Waals surface area contributed by atoms with Crippen LogP contribution in [0.3, 0.4) is 0 Å². The summed E-state index contributed by atoms with van der Waals surface area (Å²) >= 11 is 0. The van der Waals surface area contributed by atoms with Crippen LogP contribution in [0.25, 0.3) is 0 Å². The molecule has 90 valence electrons. The maximum atomic E-state index is 12.2. The Hall–Kier alpha value is -1.42. The van der Waals surface area contributed by atoms with Crippen molar-refractivity contribution >= 4 is 15.5 Å². The molecule has 0 aromatic heterocycles. The Bertz CT molecular complexity index is 583. The van der Waals surface area contributed by atoms with Crippen LogP contribution in [0.2, 0.25) is 0 Å². The maximum absolute atomic E-state index is 12.2. The van der Waals surface area contributed by atoms with E-state index < -0.39 is 15.1 Å². The fourth-order valence-electron chi connectivity index (χ4n) is 1.72. The van der Waals surface area contributed by atoms with Crippen molar-refractivity contribution in [1.82, 2.24) is 0 Å². The highest BCUT2D eigenvalue weighted by Crippen LogP contribution is 2.22. The van der Waals surface area contributed by atoms with Crippen LogP contribution in [0.5, 0.6) is 0 Å². The Kier molecular flexibility index (Phi) is 3.15. The van der Waals surface area contributed by atoms with Gasteiger partial charge in [-0.1, -0.05) is 24.3 Å². The van der Waals surface area contributed by atoms with E-state index in [4.69, 9.17) is 0 Å². The first kappa shape index (κ1) is 12.0. The summed E-state index contributed by atoms with van der Waals surface area (Å²) in [6.07, 6.45) is 3.79. The predicted octanol–water partition coefficient (Wildman–Crippen LogP) is 2.23. The molecule has 0 saturated carbocycles. The van der Waals surface area contributed by atoms with Crippen molar-refractivity contribution < 1.29 is 8.42 Å². The number of hydrogen-bond donors (Lipinski definition) is 0. The van der Waals surface area contributed by atoms with E-state index in [-0.39, 0.29) is 0 Å². The molecular weight excluding hydrogens is 234 g/mol. The lowest BCUT2D eigenvalue weighted by atomic mass is 10.1. The Morgan fingerprint density at radius 1 is 1.24 bits per heavy atom. The molecule has 0 bridgehead atoms. The zero-order valence-corrected chi connectivity index (χ0v) is 10.7. The summed E-state index contributed by atoms with van der Waals surface area (Å²) in [5.74, 6) is 0. The molecule has 1 aromatic rings. The van der Waals surface area contributed by atoms with Gasteiger partial charge in [0.2, 0.25) is 0 Å². The summed E-state index contributed by atoms with van der Waals surface area (Å²) in [7, 11) is -3.26. The lowest BCUT2D eigenvalue weighted by molar-refractivity contribution is 0.587. The highest BCUT2D eigenvalue weighted by atomic mass is 32.2. The summed E-state index contributed by atoms with van der Waals surface area (Å²) < 4.78 is 24.5. The molecule has 0 radical (unpaired) electrons. The zero-order valence-electron chi connectivity index (χ0n) is 9.92. The van der Waals surface area contributed by atoms with Gasteiger partial charge < -0.3 is 0 Å². The number of rotatable bonds is 3. The van der Waals surface area contributed by atoms with E-state index >= 15 is 0 Å². The van der Waals surface area contributed by atoms with E-state index in [9.17, 15) is 8.42 Å². The summed E-state index contributed by atoms with van der Waals surface area (Å²) in [5, 5.41) is -0.422. The number of allylic oxidation sites excluding steroid dienone is 1. The van der Waals surface area contributed by atoms with Crippen LogP contribution in [0.4, 0.5) is 0 Å².